The molecule has 1 rings (SSSR count). The van der Waals surface area contributed by atoms with Crippen molar-refractivity contribution in [3.05, 3.63) is 29.3 Å². The van der Waals surface area contributed by atoms with E-state index in [0.717, 1.165) is 0 Å². The number of benzene rings is 1. The molecule has 0 fully saturated rings. The molecule has 1 unspecified atom stereocenters. The minimum atomic E-state index is -2.52. The van der Waals surface area contributed by atoms with E-state index >= 15 is 0 Å². The molecule has 5 nitrogen and oxygen atoms in total. The van der Waals surface area contributed by atoms with Crippen molar-refractivity contribution in [3.8, 4) is 5.75 Å². The largest absolute Gasteiger partial charge is 0.575 e. The first-order valence-electron chi connectivity index (χ1n) is 5.63. The maximum absolute atomic E-state index is 11.8. The summed E-state index contributed by atoms with van der Waals surface area (Å²) >= 11 is 5.85. The molecule has 0 saturated carbocycles. The Bertz CT molecular complexity index is 506. The second-order valence-electron chi connectivity index (χ2n) is 4.47. The van der Waals surface area contributed by atoms with Crippen molar-refractivity contribution in [3.63, 3.8) is 0 Å². The fourth-order valence-electron chi connectivity index (χ4n) is 1.20. The van der Waals surface area contributed by atoms with Crippen LogP contribution >= 0.6 is 19.8 Å². The van der Waals surface area contributed by atoms with Crippen molar-refractivity contribution in [2.24, 2.45) is 10.7 Å². The number of para-hydroxylation sites is 1. The smallest absolute Gasteiger partial charge is 0.395 e. The van der Waals surface area contributed by atoms with E-state index in [1.54, 1.807) is 38.1 Å². The highest BCUT2D eigenvalue weighted by Crippen LogP contribution is 2.34. The second kappa shape index (κ2) is 6.33. The van der Waals surface area contributed by atoms with Gasteiger partial charge in [-0.1, -0.05) is 42.3 Å². The predicted octanol–water partition coefficient (Wildman–Crippen LogP) is 3.07. The lowest BCUT2D eigenvalue weighted by Crippen LogP contribution is -2.38. The van der Waals surface area contributed by atoms with Crippen molar-refractivity contribution in [1.82, 2.24) is 0 Å². The van der Waals surface area contributed by atoms with Crippen molar-refractivity contribution in [2.75, 3.05) is 0 Å². The van der Waals surface area contributed by atoms with Gasteiger partial charge in [0.25, 0.3) is 0 Å². The normalized spacial score (nSPS) is 15.2. The number of carboxylic acid groups (broad SMARTS) is 1. The summed E-state index contributed by atoms with van der Waals surface area (Å²) in [6, 6.07) is 6.50. The lowest BCUT2D eigenvalue weighted by molar-refractivity contribution is -0.170. The van der Waals surface area contributed by atoms with Gasteiger partial charge in [0.05, 0.1) is 5.02 Å². The van der Waals surface area contributed by atoms with Gasteiger partial charge in [0.15, 0.2) is 0 Å². The average Bonchev–Trinajstić information content (AvgIpc) is 2.31. The maximum atomic E-state index is 11.8. The molecule has 0 heterocycles. The highest BCUT2D eigenvalue weighted by atomic mass is 35.5. The molecule has 1 N–H and O–H groups in total. The standard InChI is InChI=1S/C12H15ClNO4P/c1-8(2)12(3,11(15)16)14-19(17)18-10-7-5-4-6-9(10)13/h4-8H,1-3H3,(H,15,16)/t12-/m0/s1. The first-order valence-corrected chi connectivity index (χ1v) is 7.14. The summed E-state index contributed by atoms with van der Waals surface area (Å²) in [5.41, 5.74) is -1.46. The van der Waals surface area contributed by atoms with Gasteiger partial charge in [-0.25, -0.2) is 4.79 Å². The molecule has 0 aliphatic heterocycles. The minimum Gasteiger partial charge on any atom is -0.575 e. The Morgan fingerprint density at radius 3 is 2.58 bits per heavy atom. The highest BCUT2D eigenvalue weighted by molar-refractivity contribution is 7.34. The molecule has 0 amide bonds. The van der Waals surface area contributed by atoms with E-state index in [1.165, 1.54) is 6.92 Å². The van der Waals surface area contributed by atoms with Crippen molar-refractivity contribution >= 4 is 25.7 Å². The van der Waals surface area contributed by atoms with Crippen LogP contribution in [-0.4, -0.2) is 16.6 Å². The summed E-state index contributed by atoms with van der Waals surface area (Å²) in [6.07, 6.45) is 0. The van der Waals surface area contributed by atoms with E-state index in [-0.39, 0.29) is 11.7 Å². The van der Waals surface area contributed by atoms with Gasteiger partial charge in [-0.2, -0.15) is 0 Å². The van der Waals surface area contributed by atoms with Gasteiger partial charge in [0, 0.05) is 0 Å². The summed E-state index contributed by atoms with van der Waals surface area (Å²) in [5, 5.41) is 9.46. The number of aliphatic carboxylic acids is 1. The number of halogens is 1. The zero-order chi connectivity index (χ0) is 14.6. The van der Waals surface area contributed by atoms with E-state index in [4.69, 9.17) is 21.2 Å². The molecule has 104 valence electrons. The van der Waals surface area contributed by atoms with Crippen molar-refractivity contribution in [1.29, 1.82) is 0 Å². The molecule has 1 aromatic carbocycles. The molecule has 0 saturated heterocycles. The number of hydrogen-bond donors (Lipinski definition) is 1. The van der Waals surface area contributed by atoms with Crippen LogP contribution in [0, 0.1) is 5.92 Å². The summed E-state index contributed by atoms with van der Waals surface area (Å²) < 4.78 is 8.86. The van der Waals surface area contributed by atoms with E-state index in [1.807, 2.05) is 0 Å². The topological polar surface area (TPSA) is 82.0 Å². The molecule has 0 aliphatic carbocycles. The fourth-order valence-corrected chi connectivity index (χ4v) is 2.45. The van der Waals surface area contributed by atoms with Gasteiger partial charge in [0.2, 0.25) is 11.3 Å². The quantitative estimate of drug-likeness (QED) is 0.847. The molecule has 19 heavy (non-hydrogen) atoms. The molecular formula is C12H15ClNO4P. The Morgan fingerprint density at radius 2 is 2.11 bits per heavy atom. The van der Waals surface area contributed by atoms with E-state index < -0.39 is 19.7 Å². The van der Waals surface area contributed by atoms with Crippen molar-refractivity contribution in [2.45, 2.75) is 26.3 Å². The van der Waals surface area contributed by atoms with Crippen LogP contribution in [0.15, 0.2) is 29.0 Å². The molecule has 0 aliphatic rings. The number of carbonyl (C=O) groups is 1. The Labute approximate surface area is 117 Å². The summed E-state index contributed by atoms with van der Waals surface area (Å²) in [7, 11) is -2.52. The predicted molar refractivity (Wildman–Crippen MR) is 72.3 cm³/mol. The van der Waals surface area contributed by atoms with Crippen LogP contribution in [0.5, 0.6) is 5.75 Å². The molecule has 2 atom stereocenters. The molecule has 0 aromatic heterocycles. The third-order valence-electron chi connectivity index (χ3n) is 2.86. The molecule has 7 heteroatoms. The third kappa shape index (κ3) is 3.90. The van der Waals surface area contributed by atoms with Crippen LogP contribution in [0.25, 0.3) is 0 Å². The lowest BCUT2D eigenvalue weighted by atomic mass is 9.90. The highest BCUT2D eigenvalue weighted by Gasteiger charge is 2.40. The maximum Gasteiger partial charge on any atom is 0.395 e. The van der Waals surface area contributed by atoms with Crippen LogP contribution in [0.3, 0.4) is 0 Å². The van der Waals surface area contributed by atoms with Crippen LogP contribution < -0.4 is 9.42 Å². The van der Waals surface area contributed by atoms with Crippen LogP contribution in [0.1, 0.15) is 20.8 Å². The first-order chi connectivity index (χ1) is 8.77. The van der Waals surface area contributed by atoms with Gasteiger partial charge in [-0.15, -0.1) is 0 Å². The van der Waals surface area contributed by atoms with Gasteiger partial charge >= 0.3 is 14.1 Å². The molecule has 0 bridgehead atoms. The SMILES string of the molecule is CC(C)[C@](C)(N=[P+]([O-])Oc1ccccc1Cl)C(=O)O. The van der Waals surface area contributed by atoms with Crippen LogP contribution in [0.4, 0.5) is 0 Å². The monoisotopic (exact) mass is 303 g/mol. The Hall–Kier alpha value is -1.16. The number of rotatable bonds is 5. The molecular weight excluding hydrogens is 289 g/mol. The Kier molecular flexibility index (Phi) is 5.29. The van der Waals surface area contributed by atoms with Gasteiger partial charge in [0.1, 0.15) is 0 Å². The number of hydrogen-bond acceptors (Lipinski definition) is 4. The minimum absolute atomic E-state index is 0.213. The fraction of sp³-hybridized carbons (Fsp3) is 0.417. The molecule has 0 radical (unpaired) electrons. The average molecular weight is 304 g/mol. The second-order valence-corrected chi connectivity index (χ2v) is 5.73. The lowest BCUT2D eigenvalue weighted by Gasteiger charge is -2.20. The van der Waals surface area contributed by atoms with E-state index in [2.05, 4.69) is 4.74 Å². The molecule has 1 aromatic rings. The third-order valence-corrected chi connectivity index (χ3v) is 4.10. The number of carboxylic acids is 1. The summed E-state index contributed by atoms with van der Waals surface area (Å²) in [6.45, 7) is 4.79. The van der Waals surface area contributed by atoms with Crippen LogP contribution in [-0.2, 0) is 4.79 Å². The Morgan fingerprint density at radius 1 is 1.53 bits per heavy atom. The first kappa shape index (κ1) is 15.9. The van der Waals surface area contributed by atoms with Gasteiger partial charge in [-0.05, 0) is 25.0 Å². The van der Waals surface area contributed by atoms with Crippen molar-refractivity contribution < 1.29 is 19.3 Å². The number of nitrogens with zero attached hydrogens (tertiary/aromatic N) is 1. The molecule has 0 spiro atoms. The summed E-state index contributed by atoms with van der Waals surface area (Å²) in [5.74, 6) is -1.25. The van der Waals surface area contributed by atoms with Crippen LogP contribution in [0.2, 0.25) is 5.02 Å². The van der Waals surface area contributed by atoms with Gasteiger partial charge in [-0.3, -0.25) is 4.52 Å². The zero-order valence-corrected chi connectivity index (χ0v) is 12.5. The summed E-state index contributed by atoms with van der Waals surface area (Å²) in [4.78, 5) is 23.0. The van der Waals surface area contributed by atoms with E-state index in [9.17, 15) is 9.69 Å². The Balaban J connectivity index is 2.99. The zero-order valence-electron chi connectivity index (χ0n) is 10.8. The van der Waals surface area contributed by atoms with E-state index in [0.29, 0.717) is 5.02 Å². The van der Waals surface area contributed by atoms with Gasteiger partial charge < -0.3 is 10.00 Å².